The topological polar surface area (TPSA) is 49.0 Å². The van der Waals surface area contributed by atoms with Crippen LogP contribution in [0.25, 0.3) is 11.0 Å². The molecule has 5 heteroatoms. The van der Waals surface area contributed by atoms with Crippen molar-refractivity contribution in [2.24, 2.45) is 0 Å². The van der Waals surface area contributed by atoms with Crippen molar-refractivity contribution in [2.75, 3.05) is 13.1 Å². The van der Waals surface area contributed by atoms with Gasteiger partial charge < -0.3 is 9.88 Å². The third kappa shape index (κ3) is 2.89. The van der Waals surface area contributed by atoms with Crippen molar-refractivity contribution in [3.63, 3.8) is 0 Å². The van der Waals surface area contributed by atoms with Gasteiger partial charge in [0.25, 0.3) is 5.91 Å². The van der Waals surface area contributed by atoms with Gasteiger partial charge in [-0.05, 0) is 49.2 Å². The van der Waals surface area contributed by atoms with Crippen LogP contribution in [0.1, 0.15) is 34.9 Å². The average Bonchev–Trinajstić information content (AvgIpc) is 3.06. The first kappa shape index (κ1) is 15.2. The highest BCUT2D eigenvalue weighted by molar-refractivity contribution is 6.30. The van der Waals surface area contributed by atoms with Crippen LogP contribution in [0.5, 0.6) is 0 Å². The number of likely N-dealkylation sites (tertiary alicyclic amines) is 1. The number of aromatic nitrogens is 2. The number of imidazole rings is 1. The van der Waals surface area contributed by atoms with E-state index in [2.05, 4.69) is 4.98 Å². The second kappa shape index (κ2) is 6.29. The van der Waals surface area contributed by atoms with Gasteiger partial charge in [0.1, 0.15) is 5.82 Å². The zero-order valence-electron chi connectivity index (χ0n) is 13.2. The fourth-order valence-corrected chi connectivity index (χ4v) is 3.45. The number of hydrogen-bond acceptors (Lipinski definition) is 2. The van der Waals surface area contributed by atoms with E-state index in [1.165, 1.54) is 0 Å². The summed E-state index contributed by atoms with van der Waals surface area (Å²) in [5, 5.41) is 0.644. The van der Waals surface area contributed by atoms with Crippen LogP contribution in [0.3, 0.4) is 0 Å². The van der Waals surface area contributed by atoms with Crippen LogP contribution in [0.4, 0.5) is 0 Å². The Kier molecular flexibility index (Phi) is 3.98. The van der Waals surface area contributed by atoms with E-state index in [4.69, 9.17) is 16.6 Å². The van der Waals surface area contributed by atoms with Crippen molar-refractivity contribution in [1.29, 1.82) is 0 Å². The summed E-state index contributed by atoms with van der Waals surface area (Å²) in [7, 11) is 0. The monoisotopic (exact) mass is 339 g/mol. The van der Waals surface area contributed by atoms with Gasteiger partial charge in [0, 0.05) is 29.6 Å². The van der Waals surface area contributed by atoms with Crippen molar-refractivity contribution in [3.8, 4) is 0 Å². The number of benzene rings is 2. The number of hydrogen-bond donors (Lipinski definition) is 1. The van der Waals surface area contributed by atoms with E-state index in [-0.39, 0.29) is 11.8 Å². The number of rotatable bonds is 2. The van der Waals surface area contributed by atoms with Crippen LogP contribution in [0, 0.1) is 0 Å². The van der Waals surface area contributed by atoms with Crippen LogP contribution < -0.4 is 0 Å². The van der Waals surface area contributed by atoms with Gasteiger partial charge >= 0.3 is 0 Å². The average molecular weight is 340 g/mol. The highest BCUT2D eigenvalue weighted by Gasteiger charge is 2.27. The standard InChI is InChI=1S/C19H18ClN3O/c20-15-9-7-13(8-10-15)19(24)23-11-3-4-14(12-23)18-21-16-5-1-2-6-17(16)22-18/h1-2,5-10,14H,3-4,11-12H2,(H,21,22). The number of aromatic amines is 1. The van der Waals surface area contributed by atoms with Gasteiger partial charge in [-0.3, -0.25) is 4.79 Å². The SMILES string of the molecule is O=C(c1ccc(Cl)cc1)N1CCCC(c2nc3ccccc3[nH]2)C1. The molecular formula is C19H18ClN3O. The Bertz CT molecular complexity index is 839. The van der Waals surface area contributed by atoms with Gasteiger partial charge in [0.05, 0.1) is 11.0 Å². The molecule has 24 heavy (non-hydrogen) atoms. The summed E-state index contributed by atoms with van der Waals surface area (Å²) < 4.78 is 0. The number of halogens is 1. The summed E-state index contributed by atoms with van der Waals surface area (Å²) in [6.07, 6.45) is 2.03. The molecular weight excluding hydrogens is 322 g/mol. The normalized spacial score (nSPS) is 18.0. The Morgan fingerprint density at radius 1 is 1.17 bits per heavy atom. The fraction of sp³-hybridized carbons (Fsp3) is 0.263. The summed E-state index contributed by atoms with van der Waals surface area (Å²) >= 11 is 5.91. The molecule has 2 heterocycles. The zero-order chi connectivity index (χ0) is 16.5. The third-order valence-corrected chi connectivity index (χ3v) is 4.85. The molecule has 0 spiro atoms. The van der Waals surface area contributed by atoms with Gasteiger partial charge in [-0.2, -0.15) is 0 Å². The minimum Gasteiger partial charge on any atom is -0.342 e. The highest BCUT2D eigenvalue weighted by atomic mass is 35.5. The van der Waals surface area contributed by atoms with Crippen LogP contribution in [-0.2, 0) is 0 Å². The lowest BCUT2D eigenvalue weighted by Crippen LogP contribution is -2.39. The number of fused-ring (bicyclic) bond motifs is 1. The number of carbonyl (C=O) groups is 1. The van der Waals surface area contributed by atoms with E-state index < -0.39 is 0 Å². The molecule has 1 aliphatic heterocycles. The van der Waals surface area contributed by atoms with Crippen LogP contribution in [0.15, 0.2) is 48.5 Å². The number of H-pyrrole nitrogens is 1. The maximum Gasteiger partial charge on any atom is 0.253 e. The maximum absolute atomic E-state index is 12.7. The molecule has 4 rings (SSSR count). The summed E-state index contributed by atoms with van der Waals surface area (Å²) in [6.45, 7) is 1.49. The van der Waals surface area contributed by atoms with Gasteiger partial charge in [-0.1, -0.05) is 23.7 Å². The minimum absolute atomic E-state index is 0.0625. The van der Waals surface area contributed by atoms with Crippen molar-refractivity contribution < 1.29 is 4.79 Å². The largest absolute Gasteiger partial charge is 0.342 e. The molecule has 1 aliphatic rings. The van der Waals surface area contributed by atoms with E-state index >= 15 is 0 Å². The van der Waals surface area contributed by atoms with E-state index in [0.717, 1.165) is 36.2 Å². The molecule has 3 aromatic rings. The molecule has 2 aromatic carbocycles. The van der Waals surface area contributed by atoms with E-state index in [0.29, 0.717) is 17.1 Å². The molecule has 1 atom stereocenters. The number of carbonyl (C=O) groups excluding carboxylic acids is 1. The van der Waals surface area contributed by atoms with Crippen molar-refractivity contribution >= 4 is 28.5 Å². The third-order valence-electron chi connectivity index (χ3n) is 4.59. The molecule has 1 saturated heterocycles. The first-order valence-electron chi connectivity index (χ1n) is 8.20. The second-order valence-corrected chi connectivity index (χ2v) is 6.67. The molecule has 122 valence electrons. The van der Waals surface area contributed by atoms with Crippen LogP contribution >= 0.6 is 11.6 Å². The lowest BCUT2D eigenvalue weighted by atomic mass is 9.96. The zero-order valence-corrected chi connectivity index (χ0v) is 14.0. The van der Waals surface area contributed by atoms with E-state index in [1.807, 2.05) is 29.2 Å². The first-order valence-corrected chi connectivity index (χ1v) is 8.58. The summed E-state index contributed by atoms with van der Waals surface area (Å²) in [5.74, 6) is 1.29. The van der Waals surface area contributed by atoms with E-state index in [1.54, 1.807) is 24.3 Å². The first-order chi connectivity index (χ1) is 11.7. The fourth-order valence-electron chi connectivity index (χ4n) is 3.33. The van der Waals surface area contributed by atoms with Gasteiger partial charge in [-0.25, -0.2) is 4.98 Å². The van der Waals surface area contributed by atoms with Crippen LogP contribution in [-0.4, -0.2) is 33.9 Å². The number of nitrogens with one attached hydrogen (secondary N) is 1. The van der Waals surface area contributed by atoms with E-state index in [9.17, 15) is 4.79 Å². The Morgan fingerprint density at radius 2 is 1.96 bits per heavy atom. The molecule has 1 amide bonds. The molecule has 0 aliphatic carbocycles. The minimum atomic E-state index is 0.0625. The second-order valence-electron chi connectivity index (χ2n) is 6.24. The summed E-state index contributed by atoms with van der Waals surface area (Å²) in [4.78, 5) is 22.7. The molecule has 0 bridgehead atoms. The molecule has 1 N–H and O–H groups in total. The van der Waals surface area contributed by atoms with Crippen molar-refractivity contribution in [2.45, 2.75) is 18.8 Å². The molecule has 0 radical (unpaired) electrons. The van der Waals surface area contributed by atoms with Crippen LogP contribution in [0.2, 0.25) is 5.02 Å². The molecule has 4 nitrogen and oxygen atoms in total. The molecule has 1 unspecified atom stereocenters. The summed E-state index contributed by atoms with van der Waals surface area (Å²) in [6, 6.07) is 15.1. The van der Waals surface area contributed by atoms with Crippen molar-refractivity contribution in [1.82, 2.24) is 14.9 Å². The van der Waals surface area contributed by atoms with Crippen molar-refractivity contribution in [3.05, 3.63) is 64.9 Å². The number of piperidine rings is 1. The predicted molar refractivity (Wildman–Crippen MR) is 95.4 cm³/mol. The number of amides is 1. The maximum atomic E-state index is 12.7. The Balaban J connectivity index is 1.54. The number of nitrogens with zero attached hydrogens (tertiary/aromatic N) is 2. The quantitative estimate of drug-likeness (QED) is 0.759. The van der Waals surface area contributed by atoms with Gasteiger partial charge in [0.2, 0.25) is 0 Å². The molecule has 1 fully saturated rings. The highest BCUT2D eigenvalue weighted by Crippen LogP contribution is 2.27. The lowest BCUT2D eigenvalue weighted by Gasteiger charge is -2.32. The lowest BCUT2D eigenvalue weighted by molar-refractivity contribution is 0.0705. The van der Waals surface area contributed by atoms with Gasteiger partial charge in [0.15, 0.2) is 0 Å². The Hall–Kier alpha value is -2.33. The predicted octanol–water partition coefficient (Wildman–Crippen LogP) is 4.24. The Labute approximate surface area is 145 Å². The number of para-hydroxylation sites is 2. The smallest absolute Gasteiger partial charge is 0.253 e. The Morgan fingerprint density at radius 3 is 2.75 bits per heavy atom. The van der Waals surface area contributed by atoms with Gasteiger partial charge in [-0.15, -0.1) is 0 Å². The summed E-state index contributed by atoms with van der Waals surface area (Å²) in [5.41, 5.74) is 2.71. The molecule has 0 saturated carbocycles. The molecule has 1 aromatic heterocycles.